The summed E-state index contributed by atoms with van der Waals surface area (Å²) in [6, 6.07) is 13.6. The number of methoxy groups -OCH3 is 1. The summed E-state index contributed by atoms with van der Waals surface area (Å²) in [4.78, 5) is 43.8. The number of H-pyrrole nitrogens is 1. The SMILES string of the molecule is COC(=O)NC(C(=O)C1CCC(c2nc(-c3ccc(-c4ccc(C(=O)O)cc4)cc3)c[nH]2)N1)C(C)C. The Bertz CT molecular complexity index is 1230. The van der Waals surface area contributed by atoms with E-state index in [-0.39, 0.29) is 29.3 Å². The summed E-state index contributed by atoms with van der Waals surface area (Å²) in [6.07, 6.45) is 2.63. The van der Waals surface area contributed by atoms with Gasteiger partial charge in [0, 0.05) is 11.8 Å². The van der Waals surface area contributed by atoms with Crippen LogP contribution < -0.4 is 10.6 Å². The first-order valence-electron chi connectivity index (χ1n) is 11.9. The maximum Gasteiger partial charge on any atom is 0.407 e. The minimum absolute atomic E-state index is 0.0587. The Morgan fingerprint density at radius 2 is 1.61 bits per heavy atom. The van der Waals surface area contributed by atoms with Crippen LogP contribution in [0.5, 0.6) is 0 Å². The lowest BCUT2D eigenvalue weighted by molar-refractivity contribution is -0.123. The van der Waals surface area contributed by atoms with Gasteiger partial charge in [0.25, 0.3) is 0 Å². The number of nitrogens with zero attached hydrogens (tertiary/aromatic N) is 1. The highest BCUT2D eigenvalue weighted by Crippen LogP contribution is 2.29. The van der Waals surface area contributed by atoms with Gasteiger partial charge in [0.15, 0.2) is 5.78 Å². The van der Waals surface area contributed by atoms with Crippen molar-refractivity contribution in [3.05, 3.63) is 66.1 Å². The van der Waals surface area contributed by atoms with E-state index in [1.807, 2.05) is 44.3 Å². The van der Waals surface area contributed by atoms with E-state index in [0.29, 0.717) is 6.42 Å². The molecule has 3 atom stereocenters. The van der Waals surface area contributed by atoms with Crippen LogP contribution in [-0.4, -0.2) is 52.1 Å². The van der Waals surface area contributed by atoms with E-state index in [2.05, 4.69) is 20.4 Å². The number of benzene rings is 2. The number of alkyl carbamates (subject to hydrolysis) is 1. The van der Waals surface area contributed by atoms with Crippen molar-refractivity contribution in [2.75, 3.05) is 7.11 Å². The molecule has 0 saturated carbocycles. The number of Topliss-reactive ketones (excluding diaryl/α,β-unsaturated/α-hetero) is 1. The number of nitrogens with one attached hydrogen (secondary N) is 3. The minimum atomic E-state index is -0.948. The standard InChI is InChI=1S/C27H30N4O5/c1-15(2)23(31-27(35)36-3)24(32)20-12-13-21(29-20)25-28-14-22(30-25)18-8-4-16(5-9-18)17-6-10-19(11-7-17)26(33)34/h4-11,14-15,20-21,23,29H,12-13H2,1-3H3,(H,28,30)(H,31,35)(H,33,34). The summed E-state index contributed by atoms with van der Waals surface area (Å²) in [5.41, 5.74) is 3.90. The molecule has 0 bridgehead atoms. The number of carbonyl (C=O) groups is 3. The van der Waals surface area contributed by atoms with Crippen LogP contribution in [0.2, 0.25) is 0 Å². The lowest BCUT2D eigenvalue weighted by atomic mass is 9.94. The summed E-state index contributed by atoms with van der Waals surface area (Å²) in [5.74, 6) is -0.311. The van der Waals surface area contributed by atoms with Crippen LogP contribution in [0.1, 0.15) is 48.9 Å². The van der Waals surface area contributed by atoms with Crippen molar-refractivity contribution in [3.63, 3.8) is 0 Å². The fourth-order valence-corrected chi connectivity index (χ4v) is 4.45. The third kappa shape index (κ3) is 5.46. The van der Waals surface area contributed by atoms with Gasteiger partial charge in [-0.3, -0.25) is 10.1 Å². The molecule has 9 nitrogen and oxygen atoms in total. The zero-order valence-electron chi connectivity index (χ0n) is 20.4. The molecule has 1 aromatic heterocycles. The number of carboxylic acids is 1. The fourth-order valence-electron chi connectivity index (χ4n) is 4.45. The fraction of sp³-hybridized carbons (Fsp3) is 0.333. The first-order chi connectivity index (χ1) is 17.3. The zero-order chi connectivity index (χ0) is 25.8. The molecule has 4 N–H and O–H groups in total. The Morgan fingerprint density at radius 1 is 1.00 bits per heavy atom. The molecule has 188 valence electrons. The number of amides is 1. The molecule has 1 aliphatic heterocycles. The highest BCUT2D eigenvalue weighted by Gasteiger charge is 2.36. The number of rotatable bonds is 8. The van der Waals surface area contributed by atoms with Gasteiger partial charge in [-0.15, -0.1) is 0 Å². The average molecular weight is 491 g/mol. The van der Waals surface area contributed by atoms with E-state index < -0.39 is 18.1 Å². The number of aromatic carboxylic acids is 1. The molecule has 1 aliphatic rings. The van der Waals surface area contributed by atoms with Crippen LogP contribution in [0.4, 0.5) is 4.79 Å². The van der Waals surface area contributed by atoms with Crippen LogP contribution in [0.25, 0.3) is 22.4 Å². The number of hydrogen-bond acceptors (Lipinski definition) is 6. The van der Waals surface area contributed by atoms with Crippen molar-refractivity contribution in [2.45, 2.75) is 44.8 Å². The van der Waals surface area contributed by atoms with Gasteiger partial charge in [-0.2, -0.15) is 0 Å². The first kappa shape index (κ1) is 25.1. The number of carbonyl (C=O) groups excluding carboxylic acids is 2. The van der Waals surface area contributed by atoms with Crippen molar-refractivity contribution in [1.82, 2.24) is 20.6 Å². The van der Waals surface area contributed by atoms with Crippen LogP contribution in [-0.2, 0) is 9.53 Å². The Labute approximate surface area is 209 Å². The number of hydrogen-bond donors (Lipinski definition) is 4. The van der Waals surface area contributed by atoms with Gasteiger partial charge < -0.3 is 20.1 Å². The predicted molar refractivity (Wildman–Crippen MR) is 134 cm³/mol. The van der Waals surface area contributed by atoms with Gasteiger partial charge in [0.05, 0.1) is 36.5 Å². The summed E-state index contributed by atoms with van der Waals surface area (Å²) < 4.78 is 4.67. The Kier molecular flexibility index (Phi) is 7.49. The summed E-state index contributed by atoms with van der Waals surface area (Å²) in [5, 5.41) is 15.1. The molecule has 1 saturated heterocycles. The average Bonchev–Trinajstić information content (AvgIpc) is 3.57. The van der Waals surface area contributed by atoms with Gasteiger partial charge >= 0.3 is 12.1 Å². The summed E-state index contributed by atoms with van der Waals surface area (Å²) in [6.45, 7) is 3.78. The molecule has 0 radical (unpaired) electrons. The quantitative estimate of drug-likeness (QED) is 0.372. The van der Waals surface area contributed by atoms with Crippen molar-refractivity contribution in [3.8, 4) is 22.4 Å². The third-order valence-corrected chi connectivity index (χ3v) is 6.50. The number of aromatic amines is 1. The summed E-state index contributed by atoms with van der Waals surface area (Å²) >= 11 is 0. The molecule has 0 spiro atoms. The highest BCUT2D eigenvalue weighted by atomic mass is 16.5. The second kappa shape index (κ2) is 10.7. The monoisotopic (exact) mass is 490 g/mol. The van der Waals surface area contributed by atoms with Gasteiger partial charge in [0.1, 0.15) is 5.82 Å². The number of imidazole rings is 1. The van der Waals surface area contributed by atoms with Crippen molar-refractivity contribution in [1.29, 1.82) is 0 Å². The number of ether oxygens (including phenoxy) is 1. The van der Waals surface area contributed by atoms with E-state index in [9.17, 15) is 14.4 Å². The minimum Gasteiger partial charge on any atom is -0.478 e. The van der Waals surface area contributed by atoms with Crippen LogP contribution in [0.15, 0.2) is 54.7 Å². The maximum absolute atomic E-state index is 13.1. The van der Waals surface area contributed by atoms with Gasteiger partial charge in [-0.1, -0.05) is 50.2 Å². The molecular weight excluding hydrogens is 460 g/mol. The molecular formula is C27H30N4O5. The van der Waals surface area contributed by atoms with Gasteiger partial charge in [-0.05, 0) is 42.0 Å². The van der Waals surface area contributed by atoms with E-state index >= 15 is 0 Å². The maximum atomic E-state index is 13.1. The second-order valence-electron chi connectivity index (χ2n) is 9.24. The molecule has 9 heteroatoms. The van der Waals surface area contributed by atoms with Crippen molar-refractivity contribution >= 4 is 17.8 Å². The number of aromatic nitrogens is 2. The van der Waals surface area contributed by atoms with E-state index in [0.717, 1.165) is 34.6 Å². The van der Waals surface area contributed by atoms with Gasteiger partial charge in [-0.25, -0.2) is 14.6 Å². The molecule has 0 aliphatic carbocycles. The largest absolute Gasteiger partial charge is 0.478 e. The highest BCUT2D eigenvalue weighted by molar-refractivity contribution is 5.92. The van der Waals surface area contributed by atoms with Crippen molar-refractivity contribution < 1.29 is 24.2 Å². The molecule has 3 unspecified atom stereocenters. The lowest BCUT2D eigenvalue weighted by Crippen LogP contribution is -2.50. The molecule has 36 heavy (non-hydrogen) atoms. The third-order valence-electron chi connectivity index (χ3n) is 6.50. The summed E-state index contributed by atoms with van der Waals surface area (Å²) in [7, 11) is 1.28. The Hall–Kier alpha value is -3.98. The number of carboxylic acid groups (broad SMARTS) is 1. The molecule has 3 aromatic rings. The Morgan fingerprint density at radius 3 is 2.19 bits per heavy atom. The second-order valence-corrected chi connectivity index (χ2v) is 9.24. The molecule has 4 rings (SSSR count). The van der Waals surface area contributed by atoms with E-state index in [4.69, 9.17) is 10.1 Å². The van der Waals surface area contributed by atoms with Crippen LogP contribution in [0.3, 0.4) is 0 Å². The molecule has 2 aromatic carbocycles. The zero-order valence-corrected chi connectivity index (χ0v) is 20.4. The normalized spacial score (nSPS) is 18.1. The van der Waals surface area contributed by atoms with Crippen LogP contribution >= 0.6 is 0 Å². The predicted octanol–water partition coefficient (Wildman–Crippen LogP) is 4.18. The molecule has 1 amide bonds. The smallest absolute Gasteiger partial charge is 0.407 e. The topological polar surface area (TPSA) is 133 Å². The van der Waals surface area contributed by atoms with Gasteiger partial charge in [0.2, 0.25) is 0 Å². The number of ketones is 1. The van der Waals surface area contributed by atoms with E-state index in [1.54, 1.807) is 24.3 Å². The van der Waals surface area contributed by atoms with E-state index in [1.165, 1.54) is 7.11 Å². The Balaban J connectivity index is 1.41. The first-order valence-corrected chi connectivity index (χ1v) is 11.9. The lowest BCUT2D eigenvalue weighted by Gasteiger charge is -2.23. The van der Waals surface area contributed by atoms with Crippen LogP contribution in [0, 0.1) is 5.92 Å². The molecule has 1 fully saturated rings. The molecule has 2 heterocycles. The van der Waals surface area contributed by atoms with Crippen molar-refractivity contribution in [2.24, 2.45) is 5.92 Å².